The molecular formula is C15H13F3N4O. The predicted octanol–water partition coefficient (Wildman–Crippen LogP) is 3.58. The van der Waals surface area contributed by atoms with Crippen LogP contribution in [-0.2, 0) is 12.7 Å². The van der Waals surface area contributed by atoms with Crippen molar-refractivity contribution in [3.63, 3.8) is 0 Å². The van der Waals surface area contributed by atoms with Gasteiger partial charge in [0.1, 0.15) is 17.5 Å². The van der Waals surface area contributed by atoms with Crippen LogP contribution in [0.3, 0.4) is 0 Å². The highest BCUT2D eigenvalue weighted by molar-refractivity contribution is 5.87. The van der Waals surface area contributed by atoms with Gasteiger partial charge in [0.05, 0.1) is 11.3 Å². The van der Waals surface area contributed by atoms with E-state index in [2.05, 4.69) is 15.1 Å². The number of aromatic nitrogens is 3. The first-order valence-corrected chi connectivity index (χ1v) is 6.80. The monoisotopic (exact) mass is 322 g/mol. The summed E-state index contributed by atoms with van der Waals surface area (Å²) >= 11 is 0. The fourth-order valence-corrected chi connectivity index (χ4v) is 2.39. The van der Waals surface area contributed by atoms with Crippen molar-refractivity contribution in [3.8, 4) is 0 Å². The van der Waals surface area contributed by atoms with E-state index in [1.807, 2.05) is 0 Å². The number of anilines is 1. The van der Waals surface area contributed by atoms with Crippen molar-refractivity contribution in [1.29, 1.82) is 0 Å². The van der Waals surface area contributed by atoms with Gasteiger partial charge < -0.3 is 9.42 Å². The van der Waals surface area contributed by atoms with Crippen LogP contribution in [0.15, 0.2) is 35.1 Å². The van der Waals surface area contributed by atoms with Gasteiger partial charge in [-0.05, 0) is 24.6 Å². The SMILES string of the molecule is Cc1noc2ncnc(N(C)Cc3cccc(C(F)(F)F)c3)c12. The molecule has 8 heteroatoms. The number of aryl methyl sites for hydroxylation is 1. The molecule has 23 heavy (non-hydrogen) atoms. The summed E-state index contributed by atoms with van der Waals surface area (Å²) < 4.78 is 43.5. The molecule has 0 aliphatic rings. The van der Waals surface area contributed by atoms with Crippen molar-refractivity contribution in [1.82, 2.24) is 15.1 Å². The number of hydrogen-bond donors (Lipinski definition) is 0. The van der Waals surface area contributed by atoms with Crippen molar-refractivity contribution >= 4 is 16.9 Å². The molecule has 0 aliphatic carbocycles. The maximum absolute atomic E-state index is 12.8. The highest BCUT2D eigenvalue weighted by Gasteiger charge is 2.30. The van der Waals surface area contributed by atoms with Crippen molar-refractivity contribution in [2.24, 2.45) is 0 Å². The van der Waals surface area contributed by atoms with Crippen LogP contribution in [0.1, 0.15) is 16.8 Å². The highest BCUT2D eigenvalue weighted by atomic mass is 19.4. The zero-order valence-electron chi connectivity index (χ0n) is 12.4. The summed E-state index contributed by atoms with van der Waals surface area (Å²) in [6.45, 7) is 2.03. The molecular weight excluding hydrogens is 309 g/mol. The fraction of sp³-hybridized carbons (Fsp3) is 0.267. The molecule has 5 nitrogen and oxygen atoms in total. The lowest BCUT2D eigenvalue weighted by atomic mass is 10.1. The summed E-state index contributed by atoms with van der Waals surface area (Å²) in [6.07, 6.45) is -3.02. The topological polar surface area (TPSA) is 55.1 Å². The first kappa shape index (κ1) is 15.3. The molecule has 0 bridgehead atoms. The molecule has 2 heterocycles. The van der Waals surface area contributed by atoms with Crippen molar-refractivity contribution in [2.45, 2.75) is 19.6 Å². The van der Waals surface area contributed by atoms with Crippen LogP contribution in [0.25, 0.3) is 11.1 Å². The van der Waals surface area contributed by atoms with Crippen LogP contribution in [0, 0.1) is 6.92 Å². The van der Waals surface area contributed by atoms with E-state index in [1.165, 1.54) is 12.4 Å². The Morgan fingerprint density at radius 3 is 2.74 bits per heavy atom. The molecule has 0 saturated heterocycles. The molecule has 0 unspecified atom stereocenters. The Morgan fingerprint density at radius 2 is 2.00 bits per heavy atom. The molecule has 120 valence electrons. The zero-order valence-corrected chi connectivity index (χ0v) is 12.4. The van der Waals surface area contributed by atoms with Gasteiger partial charge in [-0.25, -0.2) is 4.98 Å². The molecule has 0 spiro atoms. The molecule has 0 radical (unpaired) electrons. The third kappa shape index (κ3) is 2.96. The van der Waals surface area contributed by atoms with Gasteiger partial charge in [0.25, 0.3) is 5.71 Å². The van der Waals surface area contributed by atoms with E-state index in [4.69, 9.17) is 4.52 Å². The lowest BCUT2D eigenvalue weighted by Crippen LogP contribution is -2.18. The van der Waals surface area contributed by atoms with Crippen molar-refractivity contribution < 1.29 is 17.7 Å². The van der Waals surface area contributed by atoms with Gasteiger partial charge in [-0.3, -0.25) is 0 Å². The summed E-state index contributed by atoms with van der Waals surface area (Å²) in [4.78, 5) is 9.92. The number of nitrogens with zero attached hydrogens (tertiary/aromatic N) is 4. The van der Waals surface area contributed by atoms with E-state index in [0.717, 1.165) is 12.1 Å². The van der Waals surface area contributed by atoms with Gasteiger partial charge in [-0.2, -0.15) is 18.2 Å². The molecule has 3 aromatic rings. The minimum absolute atomic E-state index is 0.265. The van der Waals surface area contributed by atoms with Crippen LogP contribution in [0.5, 0.6) is 0 Å². The zero-order chi connectivity index (χ0) is 16.6. The lowest BCUT2D eigenvalue weighted by Gasteiger charge is -2.19. The van der Waals surface area contributed by atoms with E-state index in [-0.39, 0.29) is 6.54 Å². The Bertz CT molecular complexity index is 844. The van der Waals surface area contributed by atoms with Crippen molar-refractivity contribution in [2.75, 3.05) is 11.9 Å². The number of halogens is 3. The standard InChI is InChI=1S/C15H13F3N4O/c1-9-12-13(19-8-20-14(12)23-21-9)22(2)7-10-4-3-5-11(6-10)15(16,17)18/h3-6,8H,7H2,1-2H3. The highest BCUT2D eigenvalue weighted by Crippen LogP contribution is 2.30. The molecule has 0 amide bonds. The minimum Gasteiger partial charge on any atom is -0.355 e. The number of fused-ring (bicyclic) bond motifs is 1. The maximum atomic E-state index is 12.8. The average Bonchev–Trinajstić information content (AvgIpc) is 2.88. The second-order valence-corrected chi connectivity index (χ2v) is 5.20. The van der Waals surface area contributed by atoms with Crippen LogP contribution < -0.4 is 4.90 Å². The summed E-state index contributed by atoms with van der Waals surface area (Å²) in [5, 5.41) is 4.49. The fourth-order valence-electron chi connectivity index (χ4n) is 2.39. The van der Waals surface area contributed by atoms with Crippen molar-refractivity contribution in [3.05, 3.63) is 47.4 Å². The molecule has 0 N–H and O–H groups in total. The molecule has 0 fully saturated rings. The smallest absolute Gasteiger partial charge is 0.355 e. The quantitative estimate of drug-likeness (QED) is 0.738. The van der Waals surface area contributed by atoms with Crippen LogP contribution >= 0.6 is 0 Å². The number of benzene rings is 1. The second kappa shape index (κ2) is 5.53. The Labute approximate surface area is 129 Å². The molecule has 0 atom stereocenters. The Balaban J connectivity index is 1.92. The van der Waals surface area contributed by atoms with Gasteiger partial charge in [-0.15, -0.1) is 0 Å². The summed E-state index contributed by atoms with van der Waals surface area (Å²) in [5.74, 6) is 0.561. The Hall–Kier alpha value is -2.64. The Morgan fingerprint density at radius 1 is 1.22 bits per heavy atom. The molecule has 2 aromatic heterocycles. The molecule has 3 rings (SSSR count). The van der Waals surface area contributed by atoms with E-state index in [9.17, 15) is 13.2 Å². The maximum Gasteiger partial charge on any atom is 0.416 e. The summed E-state index contributed by atoms with van der Waals surface area (Å²) in [6, 6.07) is 5.22. The first-order chi connectivity index (χ1) is 10.9. The summed E-state index contributed by atoms with van der Waals surface area (Å²) in [7, 11) is 1.74. The van der Waals surface area contributed by atoms with Gasteiger partial charge in [0.2, 0.25) is 0 Å². The first-order valence-electron chi connectivity index (χ1n) is 6.80. The van der Waals surface area contributed by atoms with Crippen LogP contribution in [0.4, 0.5) is 19.0 Å². The van der Waals surface area contributed by atoms with Gasteiger partial charge >= 0.3 is 6.18 Å². The lowest BCUT2D eigenvalue weighted by molar-refractivity contribution is -0.137. The molecule has 0 saturated carbocycles. The van der Waals surface area contributed by atoms with Crippen LogP contribution in [0.2, 0.25) is 0 Å². The summed E-state index contributed by atoms with van der Waals surface area (Å²) in [5.41, 5.74) is 0.843. The molecule has 1 aromatic carbocycles. The van der Waals surface area contributed by atoms with E-state index < -0.39 is 11.7 Å². The third-order valence-electron chi connectivity index (χ3n) is 3.46. The normalized spacial score (nSPS) is 11.9. The van der Waals surface area contributed by atoms with E-state index in [0.29, 0.717) is 28.2 Å². The molecule has 0 aliphatic heterocycles. The Kier molecular flexibility index (Phi) is 3.67. The van der Waals surface area contributed by atoms with Gasteiger partial charge in [-0.1, -0.05) is 17.3 Å². The average molecular weight is 322 g/mol. The van der Waals surface area contributed by atoms with Gasteiger partial charge in [0, 0.05) is 13.6 Å². The third-order valence-corrected chi connectivity index (χ3v) is 3.46. The van der Waals surface area contributed by atoms with Crippen LogP contribution in [-0.4, -0.2) is 22.2 Å². The number of hydrogen-bond acceptors (Lipinski definition) is 5. The minimum atomic E-state index is -4.36. The number of rotatable bonds is 3. The van der Waals surface area contributed by atoms with E-state index >= 15 is 0 Å². The predicted molar refractivity (Wildman–Crippen MR) is 77.9 cm³/mol. The largest absolute Gasteiger partial charge is 0.416 e. The second-order valence-electron chi connectivity index (χ2n) is 5.20. The number of alkyl halides is 3. The van der Waals surface area contributed by atoms with E-state index in [1.54, 1.807) is 24.9 Å². The van der Waals surface area contributed by atoms with Gasteiger partial charge in [0.15, 0.2) is 0 Å².